The molecule has 2 aromatic heterocycles. The fourth-order valence-corrected chi connectivity index (χ4v) is 3.96. The summed E-state index contributed by atoms with van der Waals surface area (Å²) in [5, 5.41) is 20.2. The van der Waals surface area contributed by atoms with Crippen molar-refractivity contribution in [3.05, 3.63) is 53.1 Å². The number of aliphatic hydroxyl groups is 1. The molecule has 0 spiro atoms. The number of ether oxygens (including phenoxy) is 1. The van der Waals surface area contributed by atoms with Crippen LogP contribution in [0.15, 0.2) is 41.3 Å². The Kier molecular flexibility index (Phi) is 6.39. The summed E-state index contributed by atoms with van der Waals surface area (Å²) < 4.78 is 56.7. The highest BCUT2D eigenvalue weighted by Crippen LogP contribution is 2.37. The second-order valence-corrected chi connectivity index (χ2v) is 9.90. The monoisotopic (exact) mass is 509 g/mol. The Hall–Kier alpha value is -3.35. The minimum absolute atomic E-state index is 0.0424. The van der Waals surface area contributed by atoms with Gasteiger partial charge in [-0.1, -0.05) is 11.6 Å². The lowest BCUT2D eigenvalue weighted by molar-refractivity contribution is 0.208. The van der Waals surface area contributed by atoms with E-state index in [2.05, 4.69) is 25.5 Å². The fraction of sp³-hybridized carbons (Fsp3) is 0.190. The van der Waals surface area contributed by atoms with E-state index < -0.39 is 27.6 Å². The van der Waals surface area contributed by atoms with Crippen LogP contribution in [0.5, 0.6) is 11.8 Å². The zero-order chi connectivity index (χ0) is 24.6. The molecule has 2 heterocycles. The predicted octanol–water partition coefficient (Wildman–Crippen LogP) is 3.94. The number of rotatable bonds is 7. The Bertz CT molecular complexity index is 1490. The summed E-state index contributed by atoms with van der Waals surface area (Å²) in [7, 11) is -3.52. The number of benzene rings is 2. The topological polar surface area (TPSA) is 130 Å². The quantitative estimate of drug-likeness (QED) is 0.341. The second kappa shape index (κ2) is 9.12. The van der Waals surface area contributed by atoms with Crippen molar-refractivity contribution in [2.75, 3.05) is 18.1 Å². The number of halogens is 3. The van der Waals surface area contributed by atoms with Crippen LogP contribution >= 0.6 is 11.6 Å². The molecule has 0 amide bonds. The van der Waals surface area contributed by atoms with Crippen LogP contribution in [0.1, 0.15) is 6.92 Å². The summed E-state index contributed by atoms with van der Waals surface area (Å²) in [5.41, 5.74) is 0.739. The van der Waals surface area contributed by atoms with Gasteiger partial charge in [0.2, 0.25) is 0 Å². The van der Waals surface area contributed by atoms with Crippen LogP contribution in [-0.2, 0) is 9.84 Å². The van der Waals surface area contributed by atoms with Crippen molar-refractivity contribution < 1.29 is 27.0 Å². The first kappa shape index (κ1) is 23.8. The highest BCUT2D eigenvalue weighted by atomic mass is 35.5. The van der Waals surface area contributed by atoms with E-state index in [0.29, 0.717) is 22.7 Å². The average Bonchev–Trinajstić information content (AvgIpc) is 3.17. The normalized spacial score (nSPS) is 12.6. The molecule has 0 aliphatic rings. The van der Waals surface area contributed by atoms with Gasteiger partial charge in [0, 0.05) is 24.4 Å². The van der Waals surface area contributed by atoms with Gasteiger partial charge in [-0.2, -0.15) is 15.1 Å². The van der Waals surface area contributed by atoms with E-state index in [1.807, 2.05) is 0 Å². The van der Waals surface area contributed by atoms with Crippen molar-refractivity contribution in [2.24, 2.45) is 0 Å². The Morgan fingerprint density at radius 2 is 1.97 bits per heavy atom. The molecule has 0 aliphatic heterocycles. The minimum atomic E-state index is -3.52. The van der Waals surface area contributed by atoms with Crippen molar-refractivity contribution in [1.82, 2.24) is 20.2 Å². The molecule has 4 rings (SSSR count). The van der Waals surface area contributed by atoms with E-state index in [4.69, 9.17) is 16.3 Å². The number of sulfone groups is 1. The van der Waals surface area contributed by atoms with Gasteiger partial charge in [-0.3, -0.25) is 5.10 Å². The lowest BCUT2D eigenvalue weighted by Gasteiger charge is -2.12. The zero-order valence-corrected chi connectivity index (χ0v) is 19.4. The third-order valence-electron chi connectivity index (χ3n) is 4.69. The van der Waals surface area contributed by atoms with Gasteiger partial charge in [0.25, 0.3) is 0 Å². The molecule has 1 unspecified atom stereocenters. The smallest absolute Gasteiger partial charge is 0.326 e. The van der Waals surface area contributed by atoms with E-state index in [0.717, 1.165) is 18.4 Å². The summed E-state index contributed by atoms with van der Waals surface area (Å²) in [6.07, 6.45) is 0.318. The predicted molar refractivity (Wildman–Crippen MR) is 122 cm³/mol. The van der Waals surface area contributed by atoms with Crippen LogP contribution in [0.25, 0.3) is 22.3 Å². The van der Waals surface area contributed by atoms with Crippen molar-refractivity contribution in [3.8, 4) is 23.0 Å². The van der Waals surface area contributed by atoms with Crippen LogP contribution in [0, 0.1) is 11.6 Å². The summed E-state index contributed by atoms with van der Waals surface area (Å²) in [5.74, 6) is -1.87. The zero-order valence-electron chi connectivity index (χ0n) is 17.8. The number of aromatic nitrogens is 4. The molecule has 13 heteroatoms. The van der Waals surface area contributed by atoms with E-state index in [9.17, 15) is 22.3 Å². The van der Waals surface area contributed by atoms with E-state index in [1.165, 1.54) is 18.2 Å². The molecule has 178 valence electrons. The second-order valence-electron chi connectivity index (χ2n) is 7.47. The van der Waals surface area contributed by atoms with E-state index in [-0.39, 0.29) is 39.7 Å². The molecular weight excluding hydrogens is 492 g/mol. The molecule has 0 aliphatic carbocycles. The number of aliphatic hydroxyl groups excluding tert-OH is 1. The van der Waals surface area contributed by atoms with Crippen molar-refractivity contribution in [2.45, 2.75) is 17.9 Å². The van der Waals surface area contributed by atoms with Gasteiger partial charge >= 0.3 is 6.01 Å². The number of aromatic amines is 1. The highest BCUT2D eigenvalue weighted by Gasteiger charge is 2.21. The Morgan fingerprint density at radius 1 is 1.21 bits per heavy atom. The maximum atomic E-state index is 14.1. The third-order valence-corrected chi connectivity index (χ3v) is 6.13. The first-order valence-corrected chi connectivity index (χ1v) is 12.1. The summed E-state index contributed by atoms with van der Waals surface area (Å²) in [4.78, 5) is 8.46. The maximum Gasteiger partial charge on any atom is 0.326 e. The number of fused-ring (bicyclic) bond motifs is 1. The first-order valence-electron chi connectivity index (χ1n) is 9.84. The molecule has 34 heavy (non-hydrogen) atoms. The van der Waals surface area contributed by atoms with Gasteiger partial charge in [-0.05, 0) is 37.3 Å². The molecule has 0 fully saturated rings. The molecule has 4 aromatic rings. The molecule has 0 radical (unpaired) electrons. The van der Waals surface area contributed by atoms with Crippen molar-refractivity contribution in [1.29, 1.82) is 0 Å². The fourth-order valence-electron chi connectivity index (χ4n) is 3.10. The molecule has 1 atom stereocenters. The number of nitrogens with one attached hydrogen (secondary N) is 2. The molecule has 0 bridgehead atoms. The van der Waals surface area contributed by atoms with Gasteiger partial charge in [0.05, 0.1) is 27.1 Å². The highest BCUT2D eigenvalue weighted by molar-refractivity contribution is 7.90. The van der Waals surface area contributed by atoms with Gasteiger partial charge < -0.3 is 15.2 Å². The Labute approximate surface area is 197 Å². The maximum absolute atomic E-state index is 14.1. The molecule has 0 saturated heterocycles. The summed E-state index contributed by atoms with van der Waals surface area (Å²) >= 11 is 6.35. The Morgan fingerprint density at radius 3 is 2.65 bits per heavy atom. The van der Waals surface area contributed by atoms with Gasteiger partial charge in [0.15, 0.2) is 27.1 Å². The summed E-state index contributed by atoms with van der Waals surface area (Å²) in [6.45, 7) is 1.64. The SMILES string of the molecule is CC(O)CNc1nc(Oc2ccc(F)cc2F)nc2n[nH]c(-c3cc(S(C)(=O)=O)ccc3Cl)c12. The molecule has 2 aromatic carbocycles. The first-order chi connectivity index (χ1) is 16.0. The van der Waals surface area contributed by atoms with Crippen molar-refractivity contribution in [3.63, 3.8) is 0 Å². The number of nitrogens with zero attached hydrogens (tertiary/aromatic N) is 3. The minimum Gasteiger partial charge on any atom is -0.421 e. The van der Waals surface area contributed by atoms with Crippen LogP contribution in [-0.4, -0.2) is 52.6 Å². The lowest BCUT2D eigenvalue weighted by Crippen LogP contribution is -2.16. The number of anilines is 1. The van der Waals surface area contributed by atoms with Crippen LogP contribution in [0.4, 0.5) is 14.6 Å². The molecule has 0 saturated carbocycles. The van der Waals surface area contributed by atoms with Crippen LogP contribution < -0.4 is 10.1 Å². The van der Waals surface area contributed by atoms with Gasteiger partial charge in [-0.25, -0.2) is 17.2 Å². The molecular formula is C21H18ClF2N5O4S. The number of hydrogen-bond donors (Lipinski definition) is 3. The third kappa shape index (κ3) is 4.93. The molecule has 3 N–H and O–H groups in total. The number of H-pyrrole nitrogens is 1. The summed E-state index contributed by atoms with van der Waals surface area (Å²) in [6, 6.07) is 6.69. The van der Waals surface area contributed by atoms with Crippen LogP contribution in [0.2, 0.25) is 5.02 Å². The van der Waals surface area contributed by atoms with Gasteiger partial charge in [0.1, 0.15) is 11.6 Å². The van der Waals surface area contributed by atoms with Gasteiger partial charge in [-0.15, -0.1) is 0 Å². The largest absolute Gasteiger partial charge is 0.421 e. The molecule has 9 nitrogen and oxygen atoms in total. The standard InChI is InChI=1S/C21H18ClF2N5O4S/c1-10(30)9-25-19-17-18(13-8-12(34(2,31)32)4-5-14(13)22)28-29-20(17)27-21(26-19)33-16-6-3-11(23)7-15(16)24/h3-8,10,30H,9H2,1-2H3,(H2,25,26,27,28,29). The van der Waals surface area contributed by atoms with E-state index in [1.54, 1.807) is 6.92 Å². The Balaban J connectivity index is 1.86. The van der Waals surface area contributed by atoms with E-state index >= 15 is 0 Å². The average molecular weight is 510 g/mol. The number of hydrogen-bond acceptors (Lipinski definition) is 8. The lowest BCUT2D eigenvalue weighted by atomic mass is 10.1. The van der Waals surface area contributed by atoms with Crippen molar-refractivity contribution >= 4 is 38.3 Å². The van der Waals surface area contributed by atoms with Crippen LogP contribution in [0.3, 0.4) is 0 Å².